The van der Waals surface area contributed by atoms with Crippen LogP contribution in [-0.4, -0.2) is 12.5 Å². The zero-order valence-electron chi connectivity index (χ0n) is 7.76. The summed E-state index contributed by atoms with van der Waals surface area (Å²) in [6.45, 7) is 2.43. The summed E-state index contributed by atoms with van der Waals surface area (Å²) in [5.74, 6) is -0.184. The smallest absolute Gasteiger partial charge is 0.242 e. The average molecular weight is 232 g/mol. The van der Waals surface area contributed by atoms with Crippen molar-refractivity contribution in [2.75, 3.05) is 6.54 Å². The quantitative estimate of drug-likeness (QED) is 0.797. The Hall–Kier alpha value is -0.730. The van der Waals surface area contributed by atoms with E-state index in [1.165, 1.54) is 0 Å². The first-order chi connectivity index (χ1) is 6.65. The van der Waals surface area contributed by atoms with E-state index < -0.39 is 5.38 Å². The van der Waals surface area contributed by atoms with Crippen molar-refractivity contribution >= 4 is 29.1 Å². The second kappa shape index (κ2) is 5.23. The predicted molar refractivity (Wildman–Crippen MR) is 58.7 cm³/mol. The minimum absolute atomic E-state index is 0.184. The molecule has 0 aromatic heterocycles. The Morgan fingerprint density at radius 3 is 2.50 bits per heavy atom. The number of hydrogen-bond acceptors (Lipinski definition) is 1. The molecule has 0 bridgehead atoms. The van der Waals surface area contributed by atoms with E-state index in [9.17, 15) is 4.79 Å². The van der Waals surface area contributed by atoms with Crippen LogP contribution in [0, 0.1) is 0 Å². The maximum atomic E-state index is 11.4. The Morgan fingerprint density at radius 2 is 2.00 bits per heavy atom. The van der Waals surface area contributed by atoms with Crippen molar-refractivity contribution in [1.29, 1.82) is 0 Å². The molecule has 0 heterocycles. The normalized spacial score (nSPS) is 12.2. The number of carbonyl (C=O) groups excluding carboxylic acids is 1. The Kier molecular flexibility index (Phi) is 4.23. The van der Waals surface area contributed by atoms with Crippen LogP contribution in [0.5, 0.6) is 0 Å². The van der Waals surface area contributed by atoms with E-state index in [1.54, 1.807) is 24.3 Å². The van der Waals surface area contributed by atoms with Crippen LogP contribution >= 0.6 is 23.2 Å². The van der Waals surface area contributed by atoms with Crippen molar-refractivity contribution in [2.45, 2.75) is 12.3 Å². The Balaban J connectivity index is 2.73. The second-order valence-corrected chi connectivity index (χ2v) is 3.68. The molecular weight excluding hydrogens is 221 g/mol. The van der Waals surface area contributed by atoms with Gasteiger partial charge in [-0.2, -0.15) is 0 Å². The van der Waals surface area contributed by atoms with Crippen LogP contribution in [0.4, 0.5) is 0 Å². The minimum atomic E-state index is -0.646. The SMILES string of the molecule is CCNC(=O)C(Cl)c1ccc(Cl)cc1. The molecule has 0 aliphatic rings. The Labute approximate surface area is 93.2 Å². The predicted octanol–water partition coefficient (Wildman–Crippen LogP) is 2.76. The Bertz CT molecular complexity index is 310. The molecule has 14 heavy (non-hydrogen) atoms. The van der Waals surface area contributed by atoms with Crippen LogP contribution in [0.3, 0.4) is 0 Å². The minimum Gasteiger partial charge on any atom is -0.355 e. The highest BCUT2D eigenvalue weighted by Crippen LogP contribution is 2.22. The van der Waals surface area contributed by atoms with Gasteiger partial charge in [-0.25, -0.2) is 0 Å². The number of rotatable bonds is 3. The first kappa shape index (κ1) is 11.3. The van der Waals surface area contributed by atoms with Gasteiger partial charge in [-0.1, -0.05) is 23.7 Å². The molecule has 1 rings (SSSR count). The average Bonchev–Trinajstić information content (AvgIpc) is 2.18. The Morgan fingerprint density at radius 1 is 1.43 bits per heavy atom. The molecule has 0 fully saturated rings. The zero-order valence-corrected chi connectivity index (χ0v) is 9.27. The van der Waals surface area contributed by atoms with E-state index in [4.69, 9.17) is 23.2 Å². The van der Waals surface area contributed by atoms with E-state index >= 15 is 0 Å². The third-order valence-electron chi connectivity index (χ3n) is 1.74. The topological polar surface area (TPSA) is 29.1 Å². The van der Waals surface area contributed by atoms with Gasteiger partial charge in [0.15, 0.2) is 0 Å². The third kappa shape index (κ3) is 2.89. The summed E-state index contributed by atoms with van der Waals surface area (Å²) >= 11 is 11.6. The third-order valence-corrected chi connectivity index (χ3v) is 2.45. The van der Waals surface area contributed by atoms with Gasteiger partial charge in [0.25, 0.3) is 0 Å². The first-order valence-electron chi connectivity index (χ1n) is 4.32. The molecule has 2 nitrogen and oxygen atoms in total. The summed E-state index contributed by atoms with van der Waals surface area (Å²) in [6, 6.07) is 6.92. The van der Waals surface area contributed by atoms with Gasteiger partial charge in [0.05, 0.1) is 0 Å². The van der Waals surface area contributed by atoms with Crippen molar-refractivity contribution in [3.63, 3.8) is 0 Å². The van der Waals surface area contributed by atoms with Crippen molar-refractivity contribution in [3.05, 3.63) is 34.9 Å². The molecule has 4 heteroatoms. The number of nitrogens with one attached hydrogen (secondary N) is 1. The number of likely N-dealkylation sites (N-methyl/N-ethyl adjacent to an activating group) is 1. The number of hydrogen-bond donors (Lipinski definition) is 1. The van der Waals surface area contributed by atoms with Crippen LogP contribution in [-0.2, 0) is 4.79 Å². The van der Waals surface area contributed by atoms with Crippen LogP contribution in [0.1, 0.15) is 17.9 Å². The van der Waals surface area contributed by atoms with E-state index in [-0.39, 0.29) is 5.91 Å². The summed E-state index contributed by atoms with van der Waals surface area (Å²) in [5, 5.41) is 2.64. The summed E-state index contributed by atoms with van der Waals surface area (Å²) in [4.78, 5) is 11.4. The van der Waals surface area contributed by atoms with Gasteiger partial charge in [-0.3, -0.25) is 4.79 Å². The standard InChI is InChI=1S/C10H11Cl2NO/c1-2-13-10(14)9(12)7-3-5-8(11)6-4-7/h3-6,9H,2H2,1H3,(H,13,14). The monoisotopic (exact) mass is 231 g/mol. The van der Waals surface area contributed by atoms with Crippen LogP contribution in [0.2, 0.25) is 5.02 Å². The van der Waals surface area contributed by atoms with E-state index in [0.29, 0.717) is 11.6 Å². The summed E-state index contributed by atoms with van der Waals surface area (Å²) < 4.78 is 0. The van der Waals surface area contributed by atoms with Crippen molar-refractivity contribution in [1.82, 2.24) is 5.32 Å². The zero-order chi connectivity index (χ0) is 10.6. The molecule has 1 aromatic rings. The molecule has 76 valence electrons. The highest BCUT2D eigenvalue weighted by molar-refractivity contribution is 6.31. The first-order valence-corrected chi connectivity index (χ1v) is 5.14. The maximum Gasteiger partial charge on any atom is 0.242 e. The lowest BCUT2D eigenvalue weighted by atomic mass is 10.1. The molecule has 1 N–H and O–H groups in total. The van der Waals surface area contributed by atoms with Gasteiger partial charge in [-0.05, 0) is 24.6 Å². The lowest BCUT2D eigenvalue weighted by Crippen LogP contribution is -2.26. The number of benzene rings is 1. The van der Waals surface area contributed by atoms with Crippen molar-refractivity contribution in [2.24, 2.45) is 0 Å². The number of alkyl halides is 1. The van der Waals surface area contributed by atoms with Gasteiger partial charge >= 0.3 is 0 Å². The highest BCUT2D eigenvalue weighted by Gasteiger charge is 2.15. The molecule has 0 aliphatic heterocycles. The molecule has 0 spiro atoms. The van der Waals surface area contributed by atoms with Gasteiger partial charge in [0, 0.05) is 11.6 Å². The molecule has 0 radical (unpaired) electrons. The van der Waals surface area contributed by atoms with E-state index in [0.717, 1.165) is 5.56 Å². The van der Waals surface area contributed by atoms with Crippen LogP contribution in [0.15, 0.2) is 24.3 Å². The second-order valence-electron chi connectivity index (χ2n) is 2.81. The molecule has 0 aliphatic carbocycles. The van der Waals surface area contributed by atoms with Crippen LogP contribution in [0.25, 0.3) is 0 Å². The molecule has 1 aromatic carbocycles. The van der Waals surface area contributed by atoms with E-state index in [1.807, 2.05) is 6.92 Å². The highest BCUT2D eigenvalue weighted by atomic mass is 35.5. The summed E-state index contributed by atoms with van der Waals surface area (Å²) in [6.07, 6.45) is 0. The molecule has 0 saturated carbocycles. The van der Waals surface area contributed by atoms with Crippen LogP contribution < -0.4 is 5.32 Å². The lowest BCUT2D eigenvalue weighted by molar-refractivity contribution is -0.120. The fourth-order valence-corrected chi connectivity index (χ4v) is 1.40. The van der Waals surface area contributed by atoms with Gasteiger partial charge in [-0.15, -0.1) is 11.6 Å². The molecule has 1 atom stereocenters. The van der Waals surface area contributed by atoms with E-state index in [2.05, 4.69) is 5.32 Å². The number of amides is 1. The molecular formula is C10H11Cl2NO. The molecule has 0 saturated heterocycles. The maximum absolute atomic E-state index is 11.4. The fraction of sp³-hybridized carbons (Fsp3) is 0.300. The van der Waals surface area contributed by atoms with Gasteiger partial charge < -0.3 is 5.32 Å². The fourth-order valence-electron chi connectivity index (χ4n) is 1.05. The van der Waals surface area contributed by atoms with Gasteiger partial charge in [0.1, 0.15) is 5.38 Å². The van der Waals surface area contributed by atoms with Crippen molar-refractivity contribution in [3.8, 4) is 0 Å². The van der Waals surface area contributed by atoms with Gasteiger partial charge in [0.2, 0.25) is 5.91 Å². The number of carbonyl (C=O) groups is 1. The lowest BCUT2D eigenvalue weighted by Gasteiger charge is -2.09. The summed E-state index contributed by atoms with van der Waals surface area (Å²) in [5.41, 5.74) is 0.752. The van der Waals surface area contributed by atoms with Crippen molar-refractivity contribution < 1.29 is 4.79 Å². The molecule has 1 amide bonds. The molecule has 1 unspecified atom stereocenters. The largest absolute Gasteiger partial charge is 0.355 e. The summed E-state index contributed by atoms with van der Waals surface area (Å²) in [7, 11) is 0. The number of halogens is 2.